The highest BCUT2D eigenvalue weighted by Gasteiger charge is 2.44. The number of allylic oxidation sites excluding steroid dienone is 1. The fraction of sp³-hybridized carbons (Fsp3) is 0.0769. The zero-order chi connectivity index (χ0) is 22.0. The van der Waals surface area contributed by atoms with Gasteiger partial charge in [0.25, 0.3) is 5.91 Å². The van der Waals surface area contributed by atoms with Gasteiger partial charge in [-0.1, -0.05) is 66.7 Å². The predicted molar refractivity (Wildman–Crippen MR) is 118 cm³/mol. The second kappa shape index (κ2) is 8.40. The van der Waals surface area contributed by atoms with E-state index in [2.05, 4.69) is 0 Å². The normalized spacial score (nSPS) is 16.4. The van der Waals surface area contributed by atoms with Gasteiger partial charge in [0.05, 0.1) is 11.6 Å². The molecule has 0 spiro atoms. The van der Waals surface area contributed by atoms with Crippen molar-refractivity contribution in [2.45, 2.75) is 13.0 Å². The van der Waals surface area contributed by atoms with E-state index in [0.717, 1.165) is 11.1 Å². The summed E-state index contributed by atoms with van der Waals surface area (Å²) in [6.07, 6.45) is 2.89. The van der Waals surface area contributed by atoms with Gasteiger partial charge in [0, 0.05) is 11.3 Å². The molecule has 5 heteroatoms. The van der Waals surface area contributed by atoms with Crippen molar-refractivity contribution in [3.63, 3.8) is 0 Å². The molecule has 0 unspecified atom stereocenters. The number of aryl methyl sites for hydroxylation is 1. The molecule has 1 heterocycles. The van der Waals surface area contributed by atoms with Gasteiger partial charge in [0.1, 0.15) is 5.82 Å². The van der Waals surface area contributed by atoms with E-state index in [1.54, 1.807) is 30.3 Å². The molecule has 1 aliphatic rings. The summed E-state index contributed by atoms with van der Waals surface area (Å²) >= 11 is 0. The summed E-state index contributed by atoms with van der Waals surface area (Å²) in [7, 11) is 0. The summed E-state index contributed by atoms with van der Waals surface area (Å²) in [5.74, 6) is -2.53. The van der Waals surface area contributed by atoms with E-state index < -0.39 is 29.3 Å². The molecule has 3 aromatic carbocycles. The molecule has 1 amide bonds. The maximum Gasteiger partial charge on any atom is 0.294 e. The Morgan fingerprint density at radius 2 is 1.71 bits per heavy atom. The van der Waals surface area contributed by atoms with Crippen LogP contribution in [0.3, 0.4) is 0 Å². The lowest BCUT2D eigenvalue weighted by Gasteiger charge is -2.27. The van der Waals surface area contributed by atoms with E-state index in [1.807, 2.05) is 43.3 Å². The van der Waals surface area contributed by atoms with Crippen LogP contribution in [-0.2, 0) is 9.59 Å². The average Bonchev–Trinajstić information content (AvgIpc) is 3.04. The number of hydrogen-bond donors (Lipinski definition) is 1. The number of rotatable bonds is 5. The van der Waals surface area contributed by atoms with Gasteiger partial charge in [-0.25, -0.2) is 4.39 Å². The molecular formula is C26H20FNO3. The molecule has 0 radical (unpaired) electrons. The van der Waals surface area contributed by atoms with Crippen LogP contribution in [0.1, 0.15) is 22.7 Å². The lowest BCUT2D eigenvalue weighted by Crippen LogP contribution is -2.31. The van der Waals surface area contributed by atoms with Crippen LogP contribution < -0.4 is 4.90 Å². The topological polar surface area (TPSA) is 57.6 Å². The standard InChI is InChI=1S/C26H20FNO3/c1-17-8-7-11-19(16-17)28-24(20-12-5-6-13-21(20)27)23(25(30)26(28)31)22(29)15-14-18-9-3-2-4-10-18/h2-16,24,30H,1H3/b15-14-/t24-/m1/s1. The van der Waals surface area contributed by atoms with Gasteiger partial charge >= 0.3 is 0 Å². The zero-order valence-electron chi connectivity index (χ0n) is 16.8. The van der Waals surface area contributed by atoms with Crippen LogP contribution >= 0.6 is 0 Å². The van der Waals surface area contributed by atoms with Crippen LogP contribution in [-0.4, -0.2) is 16.8 Å². The van der Waals surface area contributed by atoms with Crippen LogP contribution in [0.25, 0.3) is 6.08 Å². The van der Waals surface area contributed by atoms with E-state index in [4.69, 9.17) is 0 Å². The molecular weight excluding hydrogens is 393 g/mol. The SMILES string of the molecule is Cc1cccc(N2C(=O)C(O)=C(C(=O)/C=C\c3ccccc3)[C@H]2c2ccccc2F)c1. The number of hydrogen-bond acceptors (Lipinski definition) is 3. The molecule has 1 atom stereocenters. The number of benzene rings is 3. The molecule has 0 bridgehead atoms. The van der Waals surface area contributed by atoms with E-state index in [0.29, 0.717) is 5.69 Å². The molecule has 0 aliphatic carbocycles. The minimum atomic E-state index is -1.08. The Morgan fingerprint density at radius 1 is 1.00 bits per heavy atom. The summed E-state index contributed by atoms with van der Waals surface area (Å²) in [5.41, 5.74) is 2.14. The third kappa shape index (κ3) is 3.90. The van der Waals surface area contributed by atoms with Crippen molar-refractivity contribution in [1.82, 2.24) is 0 Å². The minimum Gasteiger partial charge on any atom is -0.503 e. The number of ketones is 1. The van der Waals surface area contributed by atoms with Crippen molar-refractivity contribution in [1.29, 1.82) is 0 Å². The Balaban J connectivity index is 1.82. The Labute approximate surface area is 179 Å². The summed E-state index contributed by atoms with van der Waals surface area (Å²) in [6, 6.07) is 21.1. The lowest BCUT2D eigenvalue weighted by molar-refractivity contribution is -0.117. The summed E-state index contributed by atoms with van der Waals surface area (Å²) in [6.45, 7) is 1.87. The zero-order valence-corrected chi connectivity index (χ0v) is 16.8. The number of anilines is 1. The van der Waals surface area contributed by atoms with Gasteiger partial charge in [0.2, 0.25) is 0 Å². The molecule has 31 heavy (non-hydrogen) atoms. The first-order chi connectivity index (χ1) is 15.0. The third-order valence-corrected chi connectivity index (χ3v) is 5.18. The number of nitrogens with zero attached hydrogens (tertiary/aromatic N) is 1. The van der Waals surface area contributed by atoms with Gasteiger partial charge in [-0.2, -0.15) is 0 Å². The number of aliphatic hydroxyl groups is 1. The highest BCUT2D eigenvalue weighted by atomic mass is 19.1. The van der Waals surface area contributed by atoms with E-state index in [9.17, 15) is 19.1 Å². The Hall–Kier alpha value is -3.99. The van der Waals surface area contributed by atoms with Gasteiger partial charge < -0.3 is 5.11 Å². The highest BCUT2D eigenvalue weighted by molar-refractivity contribution is 6.19. The van der Waals surface area contributed by atoms with Crippen molar-refractivity contribution in [3.05, 3.63) is 119 Å². The molecule has 0 saturated carbocycles. The average molecular weight is 413 g/mol. The largest absolute Gasteiger partial charge is 0.503 e. The van der Waals surface area contributed by atoms with Crippen LogP contribution in [0.2, 0.25) is 0 Å². The Kier molecular flexibility index (Phi) is 5.50. The molecule has 1 N–H and O–H groups in total. The maximum absolute atomic E-state index is 14.8. The highest BCUT2D eigenvalue weighted by Crippen LogP contribution is 2.42. The molecule has 0 aromatic heterocycles. The van der Waals surface area contributed by atoms with Gasteiger partial charge in [0.15, 0.2) is 11.5 Å². The molecule has 0 saturated heterocycles. The van der Waals surface area contributed by atoms with Crippen molar-refractivity contribution >= 4 is 23.5 Å². The van der Waals surface area contributed by atoms with Crippen LogP contribution in [0.15, 0.2) is 96.3 Å². The monoisotopic (exact) mass is 413 g/mol. The molecule has 4 nitrogen and oxygen atoms in total. The first-order valence-corrected chi connectivity index (χ1v) is 9.82. The second-order valence-electron chi connectivity index (χ2n) is 7.31. The van der Waals surface area contributed by atoms with Crippen molar-refractivity contribution in [2.24, 2.45) is 0 Å². The minimum absolute atomic E-state index is 0.137. The molecule has 3 aromatic rings. The molecule has 0 fully saturated rings. The first kappa shape index (κ1) is 20.3. The predicted octanol–water partition coefficient (Wildman–Crippen LogP) is 5.32. The van der Waals surface area contributed by atoms with Gasteiger partial charge in [-0.3, -0.25) is 14.5 Å². The first-order valence-electron chi connectivity index (χ1n) is 9.82. The number of amides is 1. The smallest absolute Gasteiger partial charge is 0.294 e. The van der Waals surface area contributed by atoms with E-state index in [-0.39, 0.29) is 11.1 Å². The lowest BCUT2D eigenvalue weighted by atomic mass is 9.94. The number of halogens is 1. The number of carbonyl (C=O) groups is 2. The van der Waals surface area contributed by atoms with E-state index >= 15 is 0 Å². The summed E-state index contributed by atoms with van der Waals surface area (Å²) in [5, 5.41) is 10.7. The van der Waals surface area contributed by atoms with Crippen LogP contribution in [0, 0.1) is 12.7 Å². The second-order valence-corrected chi connectivity index (χ2v) is 7.31. The molecule has 1 aliphatic heterocycles. The van der Waals surface area contributed by atoms with Crippen molar-refractivity contribution < 1.29 is 19.1 Å². The number of aliphatic hydroxyl groups excluding tert-OH is 1. The van der Waals surface area contributed by atoms with Crippen molar-refractivity contribution in [2.75, 3.05) is 4.90 Å². The quantitative estimate of drug-likeness (QED) is 0.576. The fourth-order valence-electron chi connectivity index (χ4n) is 3.72. The number of carbonyl (C=O) groups excluding carboxylic acids is 2. The Bertz CT molecular complexity index is 1210. The summed E-state index contributed by atoms with van der Waals surface area (Å²) in [4.78, 5) is 27.4. The van der Waals surface area contributed by atoms with Gasteiger partial charge in [-0.05, 0) is 42.3 Å². The molecule has 154 valence electrons. The van der Waals surface area contributed by atoms with Crippen molar-refractivity contribution in [3.8, 4) is 0 Å². The maximum atomic E-state index is 14.8. The molecule has 4 rings (SSSR count). The fourth-order valence-corrected chi connectivity index (χ4v) is 3.72. The van der Waals surface area contributed by atoms with Crippen LogP contribution in [0.5, 0.6) is 0 Å². The third-order valence-electron chi connectivity index (χ3n) is 5.18. The van der Waals surface area contributed by atoms with E-state index in [1.165, 1.54) is 29.2 Å². The van der Waals surface area contributed by atoms with Gasteiger partial charge in [-0.15, -0.1) is 0 Å². The summed E-state index contributed by atoms with van der Waals surface area (Å²) < 4.78 is 14.8. The Morgan fingerprint density at radius 3 is 2.42 bits per heavy atom. The van der Waals surface area contributed by atoms with Crippen LogP contribution in [0.4, 0.5) is 10.1 Å².